The highest BCUT2D eigenvalue weighted by atomic mass is 19.1. The van der Waals surface area contributed by atoms with E-state index in [0.29, 0.717) is 12.2 Å². The van der Waals surface area contributed by atoms with Crippen molar-refractivity contribution in [2.45, 2.75) is 13.5 Å². The van der Waals surface area contributed by atoms with Crippen molar-refractivity contribution in [1.29, 1.82) is 0 Å². The first-order chi connectivity index (χ1) is 8.58. The molecule has 0 fully saturated rings. The van der Waals surface area contributed by atoms with Crippen LogP contribution >= 0.6 is 0 Å². The Morgan fingerprint density at radius 2 is 2.22 bits per heavy atom. The van der Waals surface area contributed by atoms with Crippen molar-refractivity contribution in [3.05, 3.63) is 57.8 Å². The second kappa shape index (κ2) is 4.87. The zero-order valence-electron chi connectivity index (χ0n) is 9.64. The zero-order chi connectivity index (χ0) is 13.1. The summed E-state index contributed by atoms with van der Waals surface area (Å²) in [6, 6.07) is 5.49. The van der Waals surface area contributed by atoms with E-state index in [1.54, 1.807) is 6.26 Å². The number of nitrogens with one attached hydrogen (secondary N) is 1. The molecule has 94 valence electrons. The van der Waals surface area contributed by atoms with Crippen molar-refractivity contribution in [2.75, 3.05) is 5.32 Å². The summed E-state index contributed by atoms with van der Waals surface area (Å²) in [7, 11) is 0. The molecule has 2 aromatic rings. The van der Waals surface area contributed by atoms with Crippen molar-refractivity contribution in [1.82, 2.24) is 0 Å². The predicted octanol–water partition coefficient (Wildman–Crippen LogP) is 3.25. The molecular weight excluding hydrogens is 239 g/mol. The summed E-state index contributed by atoms with van der Waals surface area (Å²) in [6.07, 6.45) is 1.57. The van der Waals surface area contributed by atoms with Gasteiger partial charge in [0.1, 0.15) is 5.76 Å². The van der Waals surface area contributed by atoms with Gasteiger partial charge in [0, 0.05) is 11.8 Å². The Bertz CT molecular complexity index is 580. The Hall–Kier alpha value is -2.37. The summed E-state index contributed by atoms with van der Waals surface area (Å²) < 4.78 is 18.3. The normalized spacial score (nSPS) is 10.3. The molecule has 0 bridgehead atoms. The van der Waals surface area contributed by atoms with Gasteiger partial charge in [0.25, 0.3) is 0 Å². The van der Waals surface area contributed by atoms with Gasteiger partial charge in [-0.15, -0.1) is 0 Å². The first-order valence-corrected chi connectivity index (χ1v) is 5.28. The molecule has 5 nitrogen and oxygen atoms in total. The second-order valence-corrected chi connectivity index (χ2v) is 3.80. The van der Waals surface area contributed by atoms with Crippen molar-refractivity contribution in [2.24, 2.45) is 0 Å². The maximum absolute atomic E-state index is 13.1. The number of hydrogen-bond acceptors (Lipinski definition) is 4. The molecule has 0 aliphatic heterocycles. The van der Waals surface area contributed by atoms with E-state index in [1.165, 1.54) is 6.07 Å². The molecule has 0 amide bonds. The summed E-state index contributed by atoms with van der Waals surface area (Å²) in [5.74, 6) is -0.110. The molecule has 0 atom stereocenters. The quantitative estimate of drug-likeness (QED) is 0.668. The van der Waals surface area contributed by atoms with Gasteiger partial charge in [-0.2, -0.15) is 4.39 Å². The monoisotopic (exact) mass is 250 g/mol. The number of anilines is 1. The Morgan fingerprint density at radius 3 is 2.83 bits per heavy atom. The minimum Gasteiger partial charge on any atom is -0.467 e. The molecule has 0 aliphatic rings. The highest BCUT2D eigenvalue weighted by Crippen LogP contribution is 2.22. The SMILES string of the molecule is Cc1ccoc1CNc1ccc(F)c([N+](=O)[O-])c1. The van der Waals surface area contributed by atoms with Crippen LogP contribution in [-0.4, -0.2) is 4.92 Å². The smallest absolute Gasteiger partial charge is 0.306 e. The lowest BCUT2D eigenvalue weighted by Gasteiger charge is -2.05. The van der Waals surface area contributed by atoms with E-state index in [9.17, 15) is 14.5 Å². The van der Waals surface area contributed by atoms with Gasteiger partial charge in [0.2, 0.25) is 5.82 Å². The number of furan rings is 1. The third-order valence-corrected chi connectivity index (χ3v) is 2.56. The summed E-state index contributed by atoms with van der Waals surface area (Å²) in [5, 5.41) is 13.5. The van der Waals surface area contributed by atoms with Crippen LogP contribution in [0.3, 0.4) is 0 Å². The van der Waals surface area contributed by atoms with Gasteiger partial charge in [-0.3, -0.25) is 10.1 Å². The van der Waals surface area contributed by atoms with E-state index in [4.69, 9.17) is 4.42 Å². The van der Waals surface area contributed by atoms with Crippen LogP contribution in [0.2, 0.25) is 0 Å². The Kier molecular flexibility index (Phi) is 3.27. The second-order valence-electron chi connectivity index (χ2n) is 3.80. The largest absolute Gasteiger partial charge is 0.467 e. The van der Waals surface area contributed by atoms with Gasteiger partial charge in [-0.05, 0) is 30.7 Å². The van der Waals surface area contributed by atoms with Gasteiger partial charge in [-0.1, -0.05) is 0 Å². The maximum atomic E-state index is 13.1. The molecule has 0 saturated heterocycles. The molecule has 1 aromatic heterocycles. The molecule has 1 heterocycles. The minimum atomic E-state index is -0.847. The van der Waals surface area contributed by atoms with Crippen LogP contribution in [0.1, 0.15) is 11.3 Å². The van der Waals surface area contributed by atoms with Gasteiger partial charge >= 0.3 is 5.69 Å². The Balaban J connectivity index is 2.13. The molecule has 18 heavy (non-hydrogen) atoms. The first kappa shape index (κ1) is 12.1. The van der Waals surface area contributed by atoms with Gasteiger partial charge in [0.15, 0.2) is 0 Å². The van der Waals surface area contributed by atoms with Crippen molar-refractivity contribution in [3.8, 4) is 0 Å². The summed E-state index contributed by atoms with van der Waals surface area (Å²) in [6.45, 7) is 2.29. The number of halogens is 1. The maximum Gasteiger partial charge on any atom is 0.306 e. The van der Waals surface area contributed by atoms with Gasteiger partial charge in [0.05, 0.1) is 17.7 Å². The average Bonchev–Trinajstić information content (AvgIpc) is 2.73. The van der Waals surface area contributed by atoms with E-state index in [-0.39, 0.29) is 0 Å². The van der Waals surface area contributed by atoms with Crippen LogP contribution in [0.15, 0.2) is 34.9 Å². The van der Waals surface area contributed by atoms with Crippen LogP contribution in [0, 0.1) is 22.9 Å². The molecular formula is C12H11FN2O3. The fourth-order valence-corrected chi connectivity index (χ4v) is 1.53. The molecule has 2 rings (SSSR count). The van der Waals surface area contributed by atoms with Crippen molar-refractivity contribution in [3.63, 3.8) is 0 Å². The Morgan fingerprint density at radius 1 is 1.44 bits per heavy atom. The van der Waals surface area contributed by atoms with E-state index < -0.39 is 16.4 Å². The Labute approximate surface area is 102 Å². The van der Waals surface area contributed by atoms with Gasteiger partial charge < -0.3 is 9.73 Å². The zero-order valence-corrected chi connectivity index (χ0v) is 9.64. The van der Waals surface area contributed by atoms with E-state index in [2.05, 4.69) is 5.32 Å². The number of nitro groups is 1. The lowest BCUT2D eigenvalue weighted by molar-refractivity contribution is -0.387. The number of nitrogens with zero attached hydrogens (tertiary/aromatic N) is 1. The van der Waals surface area contributed by atoms with Crippen LogP contribution in [0.5, 0.6) is 0 Å². The van der Waals surface area contributed by atoms with Crippen LogP contribution < -0.4 is 5.32 Å². The fourth-order valence-electron chi connectivity index (χ4n) is 1.53. The van der Waals surface area contributed by atoms with Crippen LogP contribution in [-0.2, 0) is 6.54 Å². The number of hydrogen-bond donors (Lipinski definition) is 1. The topological polar surface area (TPSA) is 68.3 Å². The molecule has 0 unspecified atom stereocenters. The number of rotatable bonds is 4. The third kappa shape index (κ3) is 2.48. The van der Waals surface area contributed by atoms with E-state index in [0.717, 1.165) is 23.5 Å². The summed E-state index contributed by atoms with van der Waals surface area (Å²) >= 11 is 0. The summed E-state index contributed by atoms with van der Waals surface area (Å²) in [4.78, 5) is 9.83. The number of nitro benzene ring substituents is 1. The average molecular weight is 250 g/mol. The summed E-state index contributed by atoms with van der Waals surface area (Å²) in [5.41, 5.74) is 0.911. The highest BCUT2D eigenvalue weighted by molar-refractivity contribution is 5.51. The standard InChI is InChI=1S/C12H11FN2O3/c1-8-4-5-18-12(8)7-14-9-2-3-10(13)11(6-9)15(16)17/h2-6,14H,7H2,1H3. The lowest BCUT2D eigenvalue weighted by atomic mass is 10.2. The predicted molar refractivity (Wildman–Crippen MR) is 63.8 cm³/mol. The molecule has 0 spiro atoms. The molecule has 1 aromatic carbocycles. The van der Waals surface area contributed by atoms with Crippen LogP contribution in [0.25, 0.3) is 0 Å². The fraction of sp³-hybridized carbons (Fsp3) is 0.167. The number of benzene rings is 1. The molecule has 0 saturated carbocycles. The number of aryl methyl sites for hydroxylation is 1. The molecule has 0 aliphatic carbocycles. The van der Waals surface area contributed by atoms with Crippen LogP contribution in [0.4, 0.5) is 15.8 Å². The van der Waals surface area contributed by atoms with Crippen molar-refractivity contribution >= 4 is 11.4 Å². The lowest BCUT2D eigenvalue weighted by Crippen LogP contribution is -2.01. The highest BCUT2D eigenvalue weighted by Gasteiger charge is 2.14. The first-order valence-electron chi connectivity index (χ1n) is 5.28. The molecule has 6 heteroatoms. The molecule has 1 N–H and O–H groups in total. The minimum absolute atomic E-state index is 0.390. The van der Waals surface area contributed by atoms with Crippen molar-refractivity contribution < 1.29 is 13.7 Å². The van der Waals surface area contributed by atoms with Gasteiger partial charge in [-0.25, -0.2) is 0 Å². The molecule has 0 radical (unpaired) electrons. The van der Waals surface area contributed by atoms with E-state index in [1.807, 2.05) is 13.0 Å². The van der Waals surface area contributed by atoms with E-state index >= 15 is 0 Å². The third-order valence-electron chi connectivity index (χ3n) is 2.56.